The topological polar surface area (TPSA) is 22.1 Å². The Hall–Kier alpha value is -0.540. The van der Waals surface area contributed by atoms with E-state index in [-0.39, 0.29) is 5.38 Å². The Kier molecular flexibility index (Phi) is 3.65. The second-order valence-electron chi connectivity index (χ2n) is 3.66. The van der Waals surface area contributed by atoms with Gasteiger partial charge in [-0.3, -0.25) is 0 Å². The summed E-state index contributed by atoms with van der Waals surface area (Å²) in [4.78, 5) is 4.40. The third kappa shape index (κ3) is 2.73. The molecule has 0 bridgehead atoms. The maximum atomic E-state index is 6.17. The van der Waals surface area contributed by atoms with Crippen LogP contribution in [0.1, 0.15) is 31.4 Å². The van der Waals surface area contributed by atoms with Crippen molar-refractivity contribution in [3.63, 3.8) is 0 Å². The molecule has 1 aromatic heterocycles. The van der Waals surface area contributed by atoms with Crippen LogP contribution in [-0.4, -0.2) is 17.5 Å². The molecule has 1 aliphatic rings. The van der Waals surface area contributed by atoms with Gasteiger partial charge in [0, 0.05) is 5.38 Å². The van der Waals surface area contributed by atoms with Crippen LogP contribution in [0, 0.1) is 0 Å². The first-order valence-electron chi connectivity index (χ1n) is 5.14. The van der Waals surface area contributed by atoms with Gasteiger partial charge in [-0.25, -0.2) is 4.98 Å². The zero-order chi connectivity index (χ0) is 10.7. The average molecular weight is 244 g/mol. The van der Waals surface area contributed by atoms with Gasteiger partial charge in [0.15, 0.2) is 0 Å². The molecular formula is C11H14ClNOS. The summed E-state index contributed by atoms with van der Waals surface area (Å²) in [5, 5.41) is 2.93. The van der Waals surface area contributed by atoms with E-state index in [2.05, 4.69) is 11.1 Å². The highest BCUT2D eigenvalue weighted by atomic mass is 35.5. The molecule has 0 aliphatic heterocycles. The highest BCUT2D eigenvalue weighted by Crippen LogP contribution is 2.30. The largest absolute Gasteiger partial charge is 0.473 e. The normalized spacial score (nSPS) is 22.0. The number of aromatic nitrogens is 1. The first kappa shape index (κ1) is 11.0. The third-order valence-electron chi connectivity index (χ3n) is 2.54. The van der Waals surface area contributed by atoms with Crippen molar-refractivity contribution in [3.05, 3.63) is 17.2 Å². The number of alkyl halides is 1. The average Bonchev–Trinajstić information content (AvgIpc) is 2.61. The molecule has 1 aromatic rings. The second-order valence-corrected chi connectivity index (χ2v) is 5.04. The lowest BCUT2D eigenvalue weighted by molar-refractivity contribution is 0.411. The first-order valence-corrected chi connectivity index (χ1v) is 6.46. The fourth-order valence-corrected chi connectivity index (χ4v) is 2.72. The zero-order valence-electron chi connectivity index (χ0n) is 8.70. The molecule has 0 spiro atoms. The van der Waals surface area contributed by atoms with Gasteiger partial charge in [-0.15, -0.1) is 11.6 Å². The summed E-state index contributed by atoms with van der Waals surface area (Å²) < 4.78 is 5.09. The van der Waals surface area contributed by atoms with Crippen molar-refractivity contribution in [2.45, 2.75) is 31.1 Å². The van der Waals surface area contributed by atoms with Crippen molar-refractivity contribution in [1.82, 2.24) is 4.98 Å². The lowest BCUT2D eigenvalue weighted by Gasteiger charge is -2.01. The van der Waals surface area contributed by atoms with Crippen molar-refractivity contribution >= 4 is 28.5 Å². The molecule has 0 amide bonds. The van der Waals surface area contributed by atoms with E-state index in [9.17, 15) is 0 Å². The van der Waals surface area contributed by atoms with Gasteiger partial charge in [-0.05, 0) is 24.8 Å². The number of hydrogen-bond donors (Lipinski definition) is 0. The van der Waals surface area contributed by atoms with Gasteiger partial charge in [-0.2, -0.15) is 0 Å². The molecule has 0 saturated heterocycles. The standard InChI is InChI=1S/C11H14ClNOS/c1-14-11-13-10(7-15-11)8-4-2-3-5-9(12)6-8/h6-7,9H,2-5H2,1H3. The predicted octanol–water partition coefficient (Wildman–Crippen LogP) is 3.72. The van der Waals surface area contributed by atoms with Gasteiger partial charge in [0.05, 0.1) is 18.2 Å². The van der Waals surface area contributed by atoms with E-state index in [1.807, 2.05) is 5.38 Å². The number of ether oxygens (including phenoxy) is 1. The van der Waals surface area contributed by atoms with Crippen LogP contribution in [0.5, 0.6) is 5.19 Å². The Balaban J connectivity index is 2.20. The Labute approximate surface area is 98.9 Å². The number of rotatable bonds is 2. The van der Waals surface area contributed by atoms with Crippen molar-refractivity contribution in [1.29, 1.82) is 0 Å². The number of nitrogens with zero attached hydrogens (tertiary/aromatic N) is 1. The van der Waals surface area contributed by atoms with Crippen molar-refractivity contribution < 1.29 is 4.74 Å². The van der Waals surface area contributed by atoms with Crippen LogP contribution >= 0.6 is 22.9 Å². The summed E-state index contributed by atoms with van der Waals surface area (Å²) in [6.07, 6.45) is 6.70. The fourth-order valence-electron chi connectivity index (χ4n) is 1.75. The van der Waals surface area contributed by atoms with Gasteiger partial charge in [-0.1, -0.05) is 23.8 Å². The predicted molar refractivity (Wildman–Crippen MR) is 64.8 cm³/mol. The Morgan fingerprint density at radius 3 is 3.13 bits per heavy atom. The van der Waals surface area contributed by atoms with E-state index in [0.717, 1.165) is 23.7 Å². The van der Waals surface area contributed by atoms with E-state index in [0.29, 0.717) is 0 Å². The van der Waals surface area contributed by atoms with E-state index < -0.39 is 0 Å². The lowest BCUT2D eigenvalue weighted by Crippen LogP contribution is -1.91. The smallest absolute Gasteiger partial charge is 0.273 e. The molecule has 4 heteroatoms. The van der Waals surface area contributed by atoms with E-state index in [1.54, 1.807) is 7.11 Å². The molecule has 0 N–H and O–H groups in total. The fraction of sp³-hybridized carbons (Fsp3) is 0.545. The molecule has 0 aromatic carbocycles. The molecule has 0 radical (unpaired) electrons. The molecule has 1 heterocycles. The Morgan fingerprint density at radius 1 is 1.53 bits per heavy atom. The molecule has 2 rings (SSSR count). The van der Waals surface area contributed by atoms with Gasteiger partial charge in [0.2, 0.25) is 0 Å². The van der Waals surface area contributed by atoms with Crippen LogP contribution in [0.3, 0.4) is 0 Å². The van der Waals surface area contributed by atoms with Crippen molar-refractivity contribution in [2.75, 3.05) is 7.11 Å². The molecule has 82 valence electrons. The molecule has 0 fully saturated rings. The van der Waals surface area contributed by atoms with Crippen LogP contribution in [-0.2, 0) is 0 Å². The number of methoxy groups -OCH3 is 1. The first-order chi connectivity index (χ1) is 7.29. The molecule has 2 nitrogen and oxygen atoms in total. The van der Waals surface area contributed by atoms with Gasteiger partial charge >= 0.3 is 0 Å². The van der Waals surface area contributed by atoms with Gasteiger partial charge < -0.3 is 4.74 Å². The summed E-state index contributed by atoms with van der Waals surface area (Å²) in [5.41, 5.74) is 2.30. The number of thiazole rings is 1. The zero-order valence-corrected chi connectivity index (χ0v) is 10.3. The minimum atomic E-state index is 0.162. The van der Waals surface area contributed by atoms with Gasteiger partial charge in [0.1, 0.15) is 0 Å². The molecule has 15 heavy (non-hydrogen) atoms. The second kappa shape index (κ2) is 4.99. The summed E-state index contributed by atoms with van der Waals surface area (Å²) in [7, 11) is 1.65. The Morgan fingerprint density at radius 2 is 2.40 bits per heavy atom. The molecular weight excluding hydrogens is 230 g/mol. The highest BCUT2D eigenvalue weighted by Gasteiger charge is 2.13. The van der Waals surface area contributed by atoms with Gasteiger partial charge in [0.25, 0.3) is 5.19 Å². The molecule has 0 saturated carbocycles. The number of allylic oxidation sites excluding steroid dienone is 2. The minimum absolute atomic E-state index is 0.162. The number of halogens is 1. The minimum Gasteiger partial charge on any atom is -0.473 e. The van der Waals surface area contributed by atoms with Crippen LogP contribution < -0.4 is 4.74 Å². The van der Waals surface area contributed by atoms with Crippen LogP contribution in [0.4, 0.5) is 0 Å². The summed E-state index contributed by atoms with van der Waals surface area (Å²) >= 11 is 7.71. The third-order valence-corrected chi connectivity index (χ3v) is 3.69. The molecule has 1 aliphatic carbocycles. The number of hydrogen-bond acceptors (Lipinski definition) is 3. The lowest BCUT2D eigenvalue weighted by atomic mass is 10.1. The summed E-state index contributed by atoms with van der Waals surface area (Å²) in [6, 6.07) is 0. The van der Waals surface area contributed by atoms with E-state index in [4.69, 9.17) is 16.3 Å². The van der Waals surface area contributed by atoms with Crippen molar-refractivity contribution in [2.24, 2.45) is 0 Å². The van der Waals surface area contributed by atoms with Crippen LogP contribution in [0.15, 0.2) is 11.5 Å². The van der Waals surface area contributed by atoms with Crippen LogP contribution in [0.2, 0.25) is 0 Å². The maximum absolute atomic E-state index is 6.17. The summed E-state index contributed by atoms with van der Waals surface area (Å²) in [6.45, 7) is 0. The van der Waals surface area contributed by atoms with Crippen molar-refractivity contribution in [3.8, 4) is 5.19 Å². The molecule has 1 unspecified atom stereocenters. The monoisotopic (exact) mass is 243 g/mol. The quantitative estimate of drug-likeness (QED) is 0.739. The Bertz CT molecular complexity index is 361. The summed E-state index contributed by atoms with van der Waals surface area (Å²) in [5.74, 6) is 0. The maximum Gasteiger partial charge on any atom is 0.273 e. The van der Waals surface area contributed by atoms with Crippen LogP contribution in [0.25, 0.3) is 5.57 Å². The van der Waals surface area contributed by atoms with E-state index >= 15 is 0 Å². The highest BCUT2D eigenvalue weighted by molar-refractivity contribution is 7.11. The SMILES string of the molecule is COc1nc(C2=CC(Cl)CCCC2)cs1. The van der Waals surface area contributed by atoms with E-state index in [1.165, 1.54) is 29.8 Å². The molecule has 1 atom stereocenters.